The van der Waals surface area contributed by atoms with Crippen molar-refractivity contribution in [2.24, 2.45) is 0 Å². The van der Waals surface area contributed by atoms with E-state index in [2.05, 4.69) is 10.4 Å². The number of rotatable bonds is 6. The van der Waals surface area contributed by atoms with Crippen LogP contribution in [0.5, 0.6) is 5.75 Å². The molecule has 0 aliphatic heterocycles. The molecule has 5 nitrogen and oxygen atoms in total. The topological polar surface area (TPSA) is 56.1 Å². The molecular formula is C20H21N3O2. The number of aromatic nitrogens is 2. The average Bonchev–Trinajstić information content (AvgIpc) is 2.94. The minimum atomic E-state index is -0.0811. The van der Waals surface area contributed by atoms with Crippen molar-refractivity contribution < 1.29 is 9.53 Å². The van der Waals surface area contributed by atoms with E-state index < -0.39 is 0 Å². The van der Waals surface area contributed by atoms with Gasteiger partial charge in [0.1, 0.15) is 11.6 Å². The third-order valence-electron chi connectivity index (χ3n) is 3.84. The Morgan fingerprint density at radius 3 is 2.60 bits per heavy atom. The number of benzene rings is 2. The van der Waals surface area contributed by atoms with E-state index in [0.29, 0.717) is 12.4 Å². The summed E-state index contributed by atoms with van der Waals surface area (Å²) in [6, 6.07) is 19.4. The molecule has 25 heavy (non-hydrogen) atoms. The molecule has 3 rings (SSSR count). The number of ether oxygens (including phenoxy) is 1. The van der Waals surface area contributed by atoms with Crippen LogP contribution in [0, 0.1) is 6.92 Å². The van der Waals surface area contributed by atoms with Gasteiger partial charge in [0.15, 0.2) is 0 Å². The van der Waals surface area contributed by atoms with Crippen molar-refractivity contribution in [3.05, 3.63) is 77.5 Å². The summed E-state index contributed by atoms with van der Waals surface area (Å²) in [4.78, 5) is 12.4. The van der Waals surface area contributed by atoms with Gasteiger partial charge < -0.3 is 10.1 Å². The number of methoxy groups -OCH3 is 1. The normalized spacial score (nSPS) is 10.5. The van der Waals surface area contributed by atoms with Gasteiger partial charge in [-0.05, 0) is 30.2 Å². The van der Waals surface area contributed by atoms with E-state index in [0.717, 1.165) is 22.6 Å². The summed E-state index contributed by atoms with van der Waals surface area (Å²) in [6.45, 7) is 2.53. The van der Waals surface area contributed by atoms with Crippen molar-refractivity contribution in [2.75, 3.05) is 12.4 Å². The molecule has 128 valence electrons. The zero-order valence-corrected chi connectivity index (χ0v) is 14.4. The van der Waals surface area contributed by atoms with Gasteiger partial charge >= 0.3 is 0 Å². The van der Waals surface area contributed by atoms with E-state index in [1.54, 1.807) is 7.11 Å². The molecule has 1 N–H and O–H groups in total. The molecule has 0 saturated carbocycles. The van der Waals surface area contributed by atoms with Crippen LogP contribution in [0.15, 0.2) is 60.7 Å². The molecule has 0 atom stereocenters. The molecule has 1 amide bonds. The largest absolute Gasteiger partial charge is 0.497 e. The smallest absolute Gasteiger partial charge is 0.229 e. The molecule has 0 bridgehead atoms. The summed E-state index contributed by atoms with van der Waals surface area (Å²) in [5, 5.41) is 7.43. The summed E-state index contributed by atoms with van der Waals surface area (Å²) in [6.07, 6.45) is 0.284. The number of amides is 1. The van der Waals surface area contributed by atoms with E-state index in [-0.39, 0.29) is 12.3 Å². The van der Waals surface area contributed by atoms with Crippen LogP contribution >= 0.6 is 0 Å². The summed E-state index contributed by atoms with van der Waals surface area (Å²) in [5.41, 5.74) is 2.91. The van der Waals surface area contributed by atoms with E-state index in [1.807, 2.05) is 72.3 Å². The SMILES string of the molecule is COc1cccc(CC(=O)Nc2cc(C)nn2Cc2ccccc2)c1. The predicted molar refractivity (Wildman–Crippen MR) is 97.8 cm³/mol. The fourth-order valence-electron chi connectivity index (χ4n) is 2.68. The van der Waals surface area contributed by atoms with Crippen LogP contribution in [0.1, 0.15) is 16.8 Å². The molecule has 0 aliphatic carbocycles. The average molecular weight is 335 g/mol. The molecule has 1 heterocycles. The van der Waals surface area contributed by atoms with Crippen molar-refractivity contribution >= 4 is 11.7 Å². The molecule has 3 aromatic rings. The van der Waals surface area contributed by atoms with Crippen LogP contribution < -0.4 is 10.1 Å². The molecule has 2 aromatic carbocycles. The summed E-state index contributed by atoms with van der Waals surface area (Å²) in [7, 11) is 1.62. The Balaban J connectivity index is 1.70. The molecular weight excluding hydrogens is 314 g/mol. The van der Waals surface area contributed by atoms with Gasteiger partial charge in [-0.25, -0.2) is 4.68 Å². The fraction of sp³-hybridized carbons (Fsp3) is 0.200. The maximum absolute atomic E-state index is 12.4. The van der Waals surface area contributed by atoms with Gasteiger partial charge in [-0.1, -0.05) is 42.5 Å². The minimum absolute atomic E-state index is 0.0811. The molecule has 0 saturated heterocycles. The molecule has 5 heteroatoms. The van der Waals surface area contributed by atoms with Crippen LogP contribution in [0.2, 0.25) is 0 Å². The Labute approximate surface area is 147 Å². The Bertz CT molecular complexity index is 856. The number of aryl methyl sites for hydroxylation is 1. The standard InChI is InChI=1S/C20H21N3O2/c1-15-11-19(23(22-15)14-16-7-4-3-5-8-16)21-20(24)13-17-9-6-10-18(12-17)25-2/h3-12H,13-14H2,1-2H3,(H,21,24). The molecule has 0 spiro atoms. The lowest BCUT2D eigenvalue weighted by Gasteiger charge is -2.09. The molecule has 0 aliphatic rings. The van der Waals surface area contributed by atoms with Crippen molar-refractivity contribution in [3.8, 4) is 5.75 Å². The summed E-state index contributed by atoms with van der Waals surface area (Å²) in [5.74, 6) is 1.37. The number of nitrogens with zero attached hydrogens (tertiary/aromatic N) is 2. The van der Waals surface area contributed by atoms with Crippen LogP contribution in [-0.2, 0) is 17.8 Å². The number of hydrogen-bond donors (Lipinski definition) is 1. The highest BCUT2D eigenvalue weighted by atomic mass is 16.5. The summed E-state index contributed by atoms with van der Waals surface area (Å²) < 4.78 is 7.01. The van der Waals surface area contributed by atoms with Crippen LogP contribution in [0.3, 0.4) is 0 Å². The van der Waals surface area contributed by atoms with Gasteiger partial charge in [0.25, 0.3) is 0 Å². The van der Waals surface area contributed by atoms with Gasteiger partial charge in [-0.2, -0.15) is 5.10 Å². The van der Waals surface area contributed by atoms with Gasteiger partial charge in [-0.15, -0.1) is 0 Å². The minimum Gasteiger partial charge on any atom is -0.497 e. The van der Waals surface area contributed by atoms with Crippen LogP contribution in [-0.4, -0.2) is 22.8 Å². The molecule has 0 fully saturated rings. The number of carbonyl (C=O) groups is 1. The lowest BCUT2D eigenvalue weighted by molar-refractivity contribution is -0.115. The Morgan fingerprint density at radius 2 is 1.84 bits per heavy atom. The molecule has 0 radical (unpaired) electrons. The second-order valence-corrected chi connectivity index (χ2v) is 5.89. The maximum Gasteiger partial charge on any atom is 0.229 e. The van der Waals surface area contributed by atoms with Crippen molar-refractivity contribution in [2.45, 2.75) is 19.9 Å². The van der Waals surface area contributed by atoms with E-state index in [9.17, 15) is 4.79 Å². The first kappa shape index (κ1) is 16.8. The lowest BCUT2D eigenvalue weighted by Crippen LogP contribution is -2.18. The van der Waals surface area contributed by atoms with Crippen molar-refractivity contribution in [1.82, 2.24) is 9.78 Å². The quantitative estimate of drug-likeness (QED) is 0.751. The van der Waals surface area contributed by atoms with Crippen LogP contribution in [0.4, 0.5) is 5.82 Å². The first-order valence-corrected chi connectivity index (χ1v) is 8.15. The summed E-state index contributed by atoms with van der Waals surface area (Å²) >= 11 is 0. The predicted octanol–water partition coefficient (Wildman–Crippen LogP) is 3.43. The zero-order chi connectivity index (χ0) is 17.6. The fourth-order valence-corrected chi connectivity index (χ4v) is 2.68. The first-order valence-electron chi connectivity index (χ1n) is 8.15. The Hall–Kier alpha value is -3.08. The van der Waals surface area contributed by atoms with Crippen molar-refractivity contribution in [3.63, 3.8) is 0 Å². The van der Waals surface area contributed by atoms with Crippen LogP contribution in [0.25, 0.3) is 0 Å². The van der Waals surface area contributed by atoms with Gasteiger partial charge in [0, 0.05) is 6.07 Å². The Morgan fingerprint density at radius 1 is 1.08 bits per heavy atom. The lowest BCUT2D eigenvalue weighted by atomic mass is 10.1. The van der Waals surface area contributed by atoms with E-state index in [1.165, 1.54) is 0 Å². The highest BCUT2D eigenvalue weighted by Gasteiger charge is 2.11. The highest BCUT2D eigenvalue weighted by molar-refractivity contribution is 5.91. The van der Waals surface area contributed by atoms with Gasteiger partial charge in [0.05, 0.1) is 25.8 Å². The van der Waals surface area contributed by atoms with Crippen molar-refractivity contribution in [1.29, 1.82) is 0 Å². The van der Waals surface area contributed by atoms with Gasteiger partial charge in [0.2, 0.25) is 5.91 Å². The third-order valence-corrected chi connectivity index (χ3v) is 3.84. The Kier molecular flexibility index (Phi) is 5.14. The number of nitrogens with one attached hydrogen (secondary N) is 1. The van der Waals surface area contributed by atoms with E-state index in [4.69, 9.17) is 4.74 Å². The highest BCUT2D eigenvalue weighted by Crippen LogP contribution is 2.16. The second kappa shape index (κ2) is 7.66. The second-order valence-electron chi connectivity index (χ2n) is 5.89. The number of anilines is 1. The zero-order valence-electron chi connectivity index (χ0n) is 14.4. The number of hydrogen-bond acceptors (Lipinski definition) is 3. The first-order chi connectivity index (χ1) is 12.1. The van der Waals surface area contributed by atoms with E-state index >= 15 is 0 Å². The maximum atomic E-state index is 12.4. The van der Waals surface area contributed by atoms with Gasteiger partial charge in [-0.3, -0.25) is 4.79 Å². The molecule has 0 unspecified atom stereocenters. The number of carbonyl (C=O) groups excluding carboxylic acids is 1. The third kappa shape index (κ3) is 4.47. The monoisotopic (exact) mass is 335 g/mol. The molecule has 1 aromatic heterocycles.